The molecule has 0 spiro atoms. The van der Waals surface area contributed by atoms with Crippen LogP contribution in [0.4, 0.5) is 20.8 Å². The Kier molecular flexibility index (Phi) is 7.26. The zero-order valence-electron chi connectivity index (χ0n) is 22.3. The maximum Gasteiger partial charge on any atom is 0.410 e. The number of nitrogen functional groups attached to an aromatic ring is 1. The van der Waals surface area contributed by atoms with Crippen LogP contribution in [0.1, 0.15) is 32.2 Å². The molecule has 0 radical (unpaired) electrons. The van der Waals surface area contributed by atoms with Gasteiger partial charge < -0.3 is 25.4 Å². The number of hydrogen-bond donors (Lipinski definition) is 2. The van der Waals surface area contributed by atoms with E-state index in [9.17, 15) is 9.18 Å². The fourth-order valence-corrected chi connectivity index (χ4v) is 5.30. The molecule has 0 unspecified atom stereocenters. The normalized spacial score (nSPS) is 17.7. The number of nitrogens with zero attached hydrogens (tertiary/aromatic N) is 4. The van der Waals surface area contributed by atoms with Crippen LogP contribution in [-0.2, 0) is 4.74 Å². The number of halogens is 1. The predicted octanol–water partition coefficient (Wildman–Crippen LogP) is 6.20. The number of carbonyl (C=O) groups excluding carboxylic acids is 1. The van der Waals surface area contributed by atoms with Crippen LogP contribution in [0.5, 0.6) is 11.6 Å². The van der Waals surface area contributed by atoms with Crippen LogP contribution in [-0.4, -0.2) is 56.8 Å². The fourth-order valence-electron chi connectivity index (χ4n) is 4.48. The zero-order chi connectivity index (χ0) is 27.7. The number of rotatable bonds is 5. The number of benzene rings is 2. The molecule has 1 aliphatic rings. The molecule has 11 heteroatoms. The number of fused-ring (bicyclic) bond motifs is 1. The van der Waals surface area contributed by atoms with Crippen LogP contribution in [0.25, 0.3) is 21.3 Å². The predicted molar refractivity (Wildman–Crippen MR) is 151 cm³/mol. The number of thiazole rings is 1. The summed E-state index contributed by atoms with van der Waals surface area (Å²) in [5.74, 6) is 1.39. The molecule has 9 nitrogen and oxygen atoms in total. The number of aryl methyl sites for hydroxylation is 1. The number of carbonyl (C=O) groups is 1. The number of nitrogens with two attached hydrogens (primary N) is 1. The first-order valence-corrected chi connectivity index (χ1v) is 13.5. The topological polar surface area (TPSA) is 115 Å². The molecule has 3 heterocycles. The molecule has 1 saturated heterocycles. The number of nitrogens with one attached hydrogen (secondary N) is 1. The van der Waals surface area contributed by atoms with Gasteiger partial charge in [-0.05, 0) is 45.9 Å². The lowest BCUT2D eigenvalue weighted by molar-refractivity contribution is 0.0124. The highest BCUT2D eigenvalue weighted by atomic mass is 32.1. The maximum absolute atomic E-state index is 14.6. The second kappa shape index (κ2) is 10.6. The maximum atomic E-state index is 14.6. The van der Waals surface area contributed by atoms with Crippen molar-refractivity contribution in [2.45, 2.75) is 51.9 Å². The quantitative estimate of drug-likeness (QED) is 0.283. The number of amides is 1. The van der Waals surface area contributed by atoms with Crippen LogP contribution in [0, 0.1) is 6.92 Å². The molecule has 204 valence electrons. The third-order valence-electron chi connectivity index (χ3n) is 6.10. The summed E-state index contributed by atoms with van der Waals surface area (Å²) in [6.07, 6.45) is 0.128. The van der Waals surface area contributed by atoms with Gasteiger partial charge in [-0.15, -0.1) is 11.3 Å². The second-order valence-corrected chi connectivity index (χ2v) is 11.7. The first-order valence-electron chi connectivity index (χ1n) is 12.7. The summed E-state index contributed by atoms with van der Waals surface area (Å²) >= 11 is 1.45. The number of ether oxygens (including phenoxy) is 2. The monoisotopic (exact) mass is 550 g/mol. The largest absolute Gasteiger partial charge is 0.444 e. The van der Waals surface area contributed by atoms with E-state index in [-0.39, 0.29) is 25.6 Å². The number of aromatic nitrogens is 3. The smallest absolute Gasteiger partial charge is 0.410 e. The van der Waals surface area contributed by atoms with Crippen molar-refractivity contribution < 1.29 is 18.7 Å². The molecule has 2 aromatic carbocycles. The summed E-state index contributed by atoms with van der Waals surface area (Å²) in [7, 11) is 0. The van der Waals surface area contributed by atoms with Crippen molar-refractivity contribution in [1.29, 1.82) is 0 Å². The number of alkyl halides is 1. The lowest BCUT2D eigenvalue weighted by Crippen LogP contribution is -2.51. The van der Waals surface area contributed by atoms with Crippen LogP contribution < -0.4 is 15.8 Å². The highest BCUT2D eigenvalue weighted by Gasteiger charge is 2.33. The van der Waals surface area contributed by atoms with Crippen molar-refractivity contribution in [2.75, 3.05) is 24.1 Å². The summed E-state index contributed by atoms with van der Waals surface area (Å²) in [5.41, 5.74) is 6.78. The Morgan fingerprint density at radius 1 is 1.13 bits per heavy atom. The van der Waals surface area contributed by atoms with Crippen LogP contribution in [0.3, 0.4) is 0 Å². The average molecular weight is 551 g/mol. The average Bonchev–Trinajstić information content (AvgIpc) is 3.24. The third kappa shape index (κ3) is 6.19. The van der Waals surface area contributed by atoms with Gasteiger partial charge in [0.15, 0.2) is 0 Å². The van der Waals surface area contributed by atoms with E-state index in [1.165, 1.54) is 16.2 Å². The molecule has 1 aliphatic heterocycles. The lowest BCUT2D eigenvalue weighted by Gasteiger charge is -2.36. The molecule has 0 bridgehead atoms. The van der Waals surface area contributed by atoms with Gasteiger partial charge in [-0.1, -0.05) is 24.3 Å². The van der Waals surface area contributed by atoms with E-state index in [0.29, 0.717) is 29.0 Å². The first kappa shape index (κ1) is 26.6. The minimum Gasteiger partial charge on any atom is -0.444 e. The molecule has 1 amide bonds. The van der Waals surface area contributed by atoms with Crippen molar-refractivity contribution in [1.82, 2.24) is 19.9 Å². The highest BCUT2D eigenvalue weighted by molar-refractivity contribution is 7.15. The Morgan fingerprint density at radius 3 is 2.67 bits per heavy atom. The van der Waals surface area contributed by atoms with E-state index in [0.717, 1.165) is 20.7 Å². The Bertz CT molecular complexity index is 1500. The molecule has 0 aliphatic carbocycles. The Hall–Kier alpha value is -3.99. The molecular weight excluding hydrogens is 519 g/mol. The van der Waals surface area contributed by atoms with Crippen molar-refractivity contribution in [3.05, 3.63) is 53.7 Å². The molecule has 4 aromatic rings. The second-order valence-electron chi connectivity index (χ2n) is 10.5. The van der Waals surface area contributed by atoms with E-state index in [4.69, 9.17) is 15.2 Å². The first-order chi connectivity index (χ1) is 18.6. The van der Waals surface area contributed by atoms with Gasteiger partial charge in [-0.3, -0.25) is 0 Å². The summed E-state index contributed by atoms with van der Waals surface area (Å²) in [5, 5.41) is 5.79. The van der Waals surface area contributed by atoms with Crippen molar-refractivity contribution >= 4 is 39.8 Å². The molecule has 0 saturated carbocycles. The van der Waals surface area contributed by atoms with Crippen molar-refractivity contribution in [3.8, 4) is 22.2 Å². The van der Waals surface area contributed by atoms with Crippen LogP contribution >= 0.6 is 11.3 Å². The van der Waals surface area contributed by atoms with E-state index >= 15 is 0 Å². The summed E-state index contributed by atoms with van der Waals surface area (Å²) in [6, 6.07) is 12.8. The zero-order valence-corrected chi connectivity index (χ0v) is 23.1. The van der Waals surface area contributed by atoms with E-state index < -0.39 is 17.9 Å². The van der Waals surface area contributed by atoms with E-state index in [1.54, 1.807) is 33.0 Å². The molecule has 39 heavy (non-hydrogen) atoms. The summed E-state index contributed by atoms with van der Waals surface area (Å²) in [6.45, 7) is 7.52. The molecule has 2 aromatic heterocycles. The number of likely N-dealkylation sites (tertiary alicyclic amines) is 1. The van der Waals surface area contributed by atoms with Gasteiger partial charge in [0.25, 0.3) is 0 Å². The molecule has 1 fully saturated rings. The third-order valence-corrected chi connectivity index (χ3v) is 7.07. The van der Waals surface area contributed by atoms with E-state index in [1.807, 2.05) is 43.3 Å². The van der Waals surface area contributed by atoms with Crippen molar-refractivity contribution in [2.24, 2.45) is 0 Å². The summed E-state index contributed by atoms with van der Waals surface area (Å²) in [4.78, 5) is 28.3. The standard InChI is InChI=1S/C28H31FN6O3S/c1-16-32-25(37-23-10-9-21(30)19-7-5-6-8-20(19)23)24(39-16)22-11-12-31-26(34-22)33-18-13-17(29)14-35(15-18)27(36)38-28(2,3)4/h5-12,17-18H,13-15,30H2,1-4H3,(H,31,33,34)/t17-,18-/m0/s1. The number of hydrogen-bond acceptors (Lipinski definition) is 9. The number of anilines is 2. The molecular formula is C28H31FN6O3S. The van der Waals surface area contributed by atoms with Gasteiger partial charge in [0.1, 0.15) is 22.4 Å². The fraction of sp³-hybridized carbons (Fsp3) is 0.357. The molecule has 5 rings (SSSR count). The minimum atomic E-state index is -1.19. The number of piperidine rings is 1. The van der Waals surface area contributed by atoms with Crippen LogP contribution in [0.2, 0.25) is 0 Å². The van der Waals surface area contributed by atoms with Gasteiger partial charge in [0, 0.05) is 41.7 Å². The minimum absolute atomic E-state index is 0.00531. The summed E-state index contributed by atoms with van der Waals surface area (Å²) < 4.78 is 26.3. The SMILES string of the molecule is Cc1nc(Oc2ccc(N)c3ccccc23)c(-c2ccnc(N[C@H]3C[C@H](F)CN(C(=O)OC(C)(C)C)C3)n2)s1. The van der Waals surface area contributed by atoms with Gasteiger partial charge in [-0.25, -0.2) is 24.1 Å². The van der Waals surface area contributed by atoms with Gasteiger partial charge in [0.2, 0.25) is 11.8 Å². The lowest BCUT2D eigenvalue weighted by atomic mass is 10.0. The Labute approximate surface area is 230 Å². The van der Waals surface area contributed by atoms with Gasteiger partial charge in [-0.2, -0.15) is 0 Å². The van der Waals surface area contributed by atoms with E-state index in [2.05, 4.69) is 20.3 Å². The van der Waals surface area contributed by atoms with Gasteiger partial charge >= 0.3 is 6.09 Å². The Balaban J connectivity index is 1.37. The van der Waals surface area contributed by atoms with Crippen LogP contribution in [0.15, 0.2) is 48.7 Å². The molecule has 2 atom stereocenters. The van der Waals surface area contributed by atoms with Gasteiger partial charge in [0.05, 0.1) is 17.2 Å². The van der Waals surface area contributed by atoms with Crippen molar-refractivity contribution in [3.63, 3.8) is 0 Å². The highest BCUT2D eigenvalue weighted by Crippen LogP contribution is 2.40. The Morgan fingerprint density at radius 2 is 1.90 bits per heavy atom. The molecule has 3 N–H and O–H groups in total.